The molecule has 14 heavy (non-hydrogen) atoms. The number of halogens is 1. The van der Waals surface area contributed by atoms with Crippen LogP contribution in [0.15, 0.2) is 35.3 Å². The first-order valence-electron chi connectivity index (χ1n) is 4.16. The zero-order valence-corrected chi connectivity index (χ0v) is 9.50. The van der Waals surface area contributed by atoms with Crippen LogP contribution in [0.4, 0.5) is 0 Å². The van der Waals surface area contributed by atoms with Crippen molar-refractivity contribution in [3.05, 3.63) is 40.9 Å². The minimum atomic E-state index is 0.0569. The molecule has 0 unspecified atom stereocenters. The van der Waals surface area contributed by atoms with E-state index in [9.17, 15) is 4.79 Å². The summed E-state index contributed by atoms with van der Waals surface area (Å²) in [5.74, 6) is 0.789. The number of carbonyl (C=O) groups excluding carboxylic acids is 1. The lowest BCUT2D eigenvalue weighted by molar-refractivity contribution is 0.101. The fourth-order valence-corrected chi connectivity index (χ4v) is 1.06. The quantitative estimate of drug-likeness (QED) is 0.772. The molecule has 0 aliphatic heterocycles. The van der Waals surface area contributed by atoms with E-state index in [1.807, 2.05) is 0 Å². The highest BCUT2D eigenvalue weighted by Crippen LogP contribution is 2.14. The summed E-state index contributed by atoms with van der Waals surface area (Å²) in [7, 11) is 0. The number of rotatable bonds is 4. The Labute approximate surface area is 91.7 Å². The van der Waals surface area contributed by atoms with Gasteiger partial charge in [-0.2, -0.15) is 0 Å². The normalized spacial score (nSPS) is 9.57. The average Bonchev–Trinajstić information content (AvgIpc) is 2.15. The maximum atomic E-state index is 11.0. The van der Waals surface area contributed by atoms with Gasteiger partial charge in [-0.15, -0.1) is 0 Å². The molecular weight excluding hydrogens is 244 g/mol. The molecule has 2 nitrogen and oxygen atoms in total. The predicted octanol–water partition coefficient (Wildman–Crippen LogP) is 3.18. The van der Waals surface area contributed by atoms with Crippen molar-refractivity contribution in [1.29, 1.82) is 0 Å². The highest BCUT2D eigenvalue weighted by molar-refractivity contribution is 9.11. The number of hydrogen-bond acceptors (Lipinski definition) is 2. The fraction of sp³-hybridized carbons (Fsp3) is 0.182. The Balaban J connectivity index is 2.64. The number of ketones is 1. The van der Waals surface area contributed by atoms with Gasteiger partial charge in [-0.1, -0.05) is 22.5 Å². The molecule has 0 aliphatic carbocycles. The summed E-state index contributed by atoms with van der Waals surface area (Å²) in [6, 6.07) is 7.03. The molecule has 0 N–H and O–H groups in total. The number of Topliss-reactive ketones (excluding diaryl/α,β-unsaturated/α-hetero) is 1. The molecule has 0 heterocycles. The van der Waals surface area contributed by atoms with Gasteiger partial charge in [0.05, 0.1) is 0 Å². The van der Waals surface area contributed by atoms with E-state index < -0.39 is 0 Å². The van der Waals surface area contributed by atoms with Gasteiger partial charge in [0.25, 0.3) is 0 Å². The van der Waals surface area contributed by atoms with Crippen molar-refractivity contribution < 1.29 is 9.53 Å². The van der Waals surface area contributed by atoms with Gasteiger partial charge in [0, 0.05) is 10.0 Å². The summed E-state index contributed by atoms with van der Waals surface area (Å²) in [5.41, 5.74) is 0.690. The second-order valence-corrected chi connectivity index (χ2v) is 4.01. The van der Waals surface area contributed by atoms with E-state index in [1.54, 1.807) is 24.3 Å². The van der Waals surface area contributed by atoms with Crippen LogP contribution < -0.4 is 4.74 Å². The molecule has 0 atom stereocenters. The minimum absolute atomic E-state index is 0.0569. The van der Waals surface area contributed by atoms with Gasteiger partial charge in [-0.3, -0.25) is 4.79 Å². The van der Waals surface area contributed by atoms with Gasteiger partial charge >= 0.3 is 0 Å². The second-order valence-electron chi connectivity index (χ2n) is 2.89. The van der Waals surface area contributed by atoms with Gasteiger partial charge in [-0.05, 0) is 31.2 Å². The smallest absolute Gasteiger partial charge is 0.159 e. The van der Waals surface area contributed by atoms with Crippen LogP contribution in [-0.2, 0) is 0 Å². The zero-order valence-electron chi connectivity index (χ0n) is 7.92. The molecule has 0 aliphatic rings. The molecule has 1 aromatic carbocycles. The zero-order chi connectivity index (χ0) is 10.6. The summed E-state index contributed by atoms with van der Waals surface area (Å²) in [4.78, 5) is 11.0. The van der Waals surface area contributed by atoms with E-state index >= 15 is 0 Å². The molecule has 0 aromatic heterocycles. The number of hydrogen-bond donors (Lipinski definition) is 0. The van der Waals surface area contributed by atoms with Crippen LogP contribution in [0.5, 0.6) is 5.75 Å². The lowest BCUT2D eigenvalue weighted by Gasteiger charge is -2.04. The van der Waals surface area contributed by atoms with Crippen LogP contribution in [0.25, 0.3) is 0 Å². The van der Waals surface area contributed by atoms with E-state index in [4.69, 9.17) is 4.74 Å². The topological polar surface area (TPSA) is 26.3 Å². The number of carbonyl (C=O) groups is 1. The van der Waals surface area contributed by atoms with Gasteiger partial charge < -0.3 is 4.74 Å². The van der Waals surface area contributed by atoms with Crippen molar-refractivity contribution >= 4 is 21.7 Å². The molecule has 1 rings (SSSR count). The number of benzene rings is 1. The molecule has 1 aromatic rings. The molecule has 0 bridgehead atoms. The number of ether oxygens (including phenoxy) is 1. The molecule has 3 heteroatoms. The molecular formula is C11H11BrO2. The van der Waals surface area contributed by atoms with Crippen molar-refractivity contribution in [2.24, 2.45) is 0 Å². The van der Waals surface area contributed by atoms with Gasteiger partial charge in [0.15, 0.2) is 5.78 Å². The average molecular weight is 255 g/mol. The van der Waals surface area contributed by atoms with E-state index in [1.165, 1.54) is 6.92 Å². The van der Waals surface area contributed by atoms with Crippen LogP contribution in [-0.4, -0.2) is 12.4 Å². The van der Waals surface area contributed by atoms with Crippen molar-refractivity contribution in [2.75, 3.05) is 6.61 Å². The van der Waals surface area contributed by atoms with Crippen LogP contribution in [0.1, 0.15) is 17.3 Å². The van der Waals surface area contributed by atoms with Crippen molar-refractivity contribution in [3.63, 3.8) is 0 Å². The highest BCUT2D eigenvalue weighted by Gasteiger charge is 1.99. The Kier molecular flexibility index (Phi) is 3.89. The Morgan fingerprint density at radius 2 is 2.00 bits per heavy atom. The maximum Gasteiger partial charge on any atom is 0.159 e. The third-order valence-corrected chi connectivity index (χ3v) is 1.89. The first-order chi connectivity index (χ1) is 6.59. The van der Waals surface area contributed by atoms with E-state index in [-0.39, 0.29) is 5.78 Å². The van der Waals surface area contributed by atoms with Crippen molar-refractivity contribution in [3.8, 4) is 5.75 Å². The first kappa shape index (κ1) is 11.0. The lowest BCUT2D eigenvalue weighted by Crippen LogP contribution is -1.97. The van der Waals surface area contributed by atoms with Crippen molar-refractivity contribution in [1.82, 2.24) is 0 Å². The summed E-state index contributed by atoms with van der Waals surface area (Å²) in [6.07, 6.45) is 0. The summed E-state index contributed by atoms with van der Waals surface area (Å²) in [6.45, 7) is 5.62. The molecule has 0 fully saturated rings. The summed E-state index contributed by atoms with van der Waals surface area (Å²) >= 11 is 3.20. The van der Waals surface area contributed by atoms with E-state index in [0.29, 0.717) is 12.2 Å². The van der Waals surface area contributed by atoms with Crippen LogP contribution in [0.3, 0.4) is 0 Å². The van der Waals surface area contributed by atoms with Crippen LogP contribution in [0, 0.1) is 0 Å². The Hall–Kier alpha value is -1.09. The molecule has 0 radical (unpaired) electrons. The SMILES string of the molecule is C=C(Br)COc1ccc(C(C)=O)cc1. The third-order valence-electron chi connectivity index (χ3n) is 1.66. The fourth-order valence-electron chi connectivity index (χ4n) is 0.948. The largest absolute Gasteiger partial charge is 0.488 e. The predicted molar refractivity (Wildman–Crippen MR) is 60.0 cm³/mol. The summed E-state index contributed by atoms with van der Waals surface area (Å²) in [5, 5.41) is 0. The van der Waals surface area contributed by atoms with Crippen LogP contribution >= 0.6 is 15.9 Å². The molecule has 0 saturated heterocycles. The van der Waals surface area contributed by atoms with E-state index in [2.05, 4.69) is 22.5 Å². The molecule has 0 saturated carbocycles. The Morgan fingerprint density at radius 1 is 1.43 bits per heavy atom. The molecule has 0 spiro atoms. The minimum Gasteiger partial charge on any atom is -0.488 e. The van der Waals surface area contributed by atoms with Gasteiger partial charge in [0.2, 0.25) is 0 Å². The highest BCUT2D eigenvalue weighted by atomic mass is 79.9. The molecule has 74 valence electrons. The van der Waals surface area contributed by atoms with Gasteiger partial charge in [-0.25, -0.2) is 0 Å². The third kappa shape index (κ3) is 3.34. The maximum absolute atomic E-state index is 11.0. The van der Waals surface area contributed by atoms with E-state index in [0.717, 1.165) is 10.2 Å². The molecule has 0 amide bonds. The Morgan fingerprint density at radius 3 is 2.43 bits per heavy atom. The van der Waals surface area contributed by atoms with Crippen molar-refractivity contribution in [2.45, 2.75) is 6.92 Å². The lowest BCUT2D eigenvalue weighted by atomic mass is 10.1. The second kappa shape index (κ2) is 4.96. The standard InChI is InChI=1S/C11H11BrO2/c1-8(12)7-14-11-5-3-10(4-6-11)9(2)13/h3-6H,1,7H2,2H3. The summed E-state index contributed by atoms with van der Waals surface area (Å²) < 4.78 is 6.13. The Bertz CT molecular complexity index is 341. The van der Waals surface area contributed by atoms with Crippen LogP contribution in [0.2, 0.25) is 0 Å². The van der Waals surface area contributed by atoms with Gasteiger partial charge in [0.1, 0.15) is 12.4 Å². The monoisotopic (exact) mass is 254 g/mol. The first-order valence-corrected chi connectivity index (χ1v) is 4.96.